The fourth-order valence-electron chi connectivity index (χ4n) is 3.83. The number of aromatic hydroxyl groups is 1. The van der Waals surface area contributed by atoms with Gasteiger partial charge in [-0.3, -0.25) is 4.90 Å². The fraction of sp³-hybridized carbons (Fsp3) is 0.318. The number of hydrogen-bond acceptors (Lipinski definition) is 4. The predicted molar refractivity (Wildman–Crippen MR) is 102 cm³/mol. The van der Waals surface area contributed by atoms with Crippen LogP contribution in [0.4, 0.5) is 0 Å². The summed E-state index contributed by atoms with van der Waals surface area (Å²) < 4.78 is 5.37. The number of nitrogens with zero attached hydrogens (tertiary/aromatic N) is 1. The summed E-state index contributed by atoms with van der Waals surface area (Å²) in [7, 11) is 0. The van der Waals surface area contributed by atoms with Crippen LogP contribution in [0.15, 0.2) is 63.8 Å². The Morgan fingerprint density at radius 3 is 2.46 bits per heavy atom. The Balaban J connectivity index is 1.43. The summed E-state index contributed by atoms with van der Waals surface area (Å²) in [6.45, 7) is 2.31. The number of hydrogen-bond donors (Lipinski definition) is 1. The quantitative estimate of drug-likeness (QED) is 0.725. The molecule has 0 radical (unpaired) electrons. The van der Waals surface area contributed by atoms with Gasteiger partial charge in [0.25, 0.3) is 0 Å². The molecule has 1 aliphatic heterocycles. The van der Waals surface area contributed by atoms with Gasteiger partial charge in [-0.2, -0.15) is 0 Å². The molecular formula is C22H23NO3. The van der Waals surface area contributed by atoms with Crippen LogP contribution in [0, 0.1) is 5.92 Å². The molecule has 0 saturated carbocycles. The van der Waals surface area contributed by atoms with Gasteiger partial charge in [0.2, 0.25) is 0 Å². The standard InChI is InChI=1S/C22H23NO3/c24-21-18-8-4-5-9-20(18)26-22(25)19(21)15-23-12-10-17(11-13-23)14-16-6-2-1-3-7-16/h1-9,17,24H,10-15H2. The molecule has 0 unspecified atom stereocenters. The third kappa shape index (κ3) is 3.51. The van der Waals surface area contributed by atoms with Crippen molar-refractivity contribution in [3.05, 3.63) is 76.1 Å². The van der Waals surface area contributed by atoms with Crippen LogP contribution in [0.2, 0.25) is 0 Å². The zero-order chi connectivity index (χ0) is 17.9. The van der Waals surface area contributed by atoms with Crippen molar-refractivity contribution in [2.24, 2.45) is 5.92 Å². The van der Waals surface area contributed by atoms with E-state index in [1.54, 1.807) is 18.2 Å². The third-order valence-corrected chi connectivity index (χ3v) is 5.33. The summed E-state index contributed by atoms with van der Waals surface area (Å²) >= 11 is 0. The lowest BCUT2D eigenvalue weighted by atomic mass is 9.90. The number of para-hydroxylation sites is 1. The highest BCUT2D eigenvalue weighted by Gasteiger charge is 2.22. The summed E-state index contributed by atoms with van der Waals surface area (Å²) in [5.74, 6) is 0.735. The molecule has 0 bridgehead atoms. The molecule has 1 aromatic heterocycles. The molecule has 1 saturated heterocycles. The predicted octanol–water partition coefficient (Wildman–Crippen LogP) is 3.95. The van der Waals surface area contributed by atoms with Gasteiger partial charge in [0.1, 0.15) is 11.3 Å². The topological polar surface area (TPSA) is 53.7 Å². The van der Waals surface area contributed by atoms with Crippen molar-refractivity contribution in [2.45, 2.75) is 25.8 Å². The first-order chi connectivity index (χ1) is 12.7. The summed E-state index contributed by atoms with van der Waals surface area (Å²) in [5, 5.41) is 11.1. The lowest BCUT2D eigenvalue weighted by Gasteiger charge is -2.31. The van der Waals surface area contributed by atoms with E-state index in [0.717, 1.165) is 32.4 Å². The summed E-state index contributed by atoms with van der Waals surface area (Å²) in [4.78, 5) is 14.5. The number of piperidine rings is 1. The van der Waals surface area contributed by atoms with Gasteiger partial charge in [-0.15, -0.1) is 0 Å². The Morgan fingerprint density at radius 1 is 1.00 bits per heavy atom. The highest BCUT2D eigenvalue weighted by molar-refractivity contribution is 5.83. The Bertz CT molecular complexity index is 941. The Hall–Kier alpha value is -2.59. The Morgan fingerprint density at radius 2 is 1.69 bits per heavy atom. The van der Waals surface area contributed by atoms with Crippen molar-refractivity contribution in [1.29, 1.82) is 0 Å². The van der Waals surface area contributed by atoms with E-state index in [2.05, 4.69) is 29.2 Å². The van der Waals surface area contributed by atoms with E-state index in [0.29, 0.717) is 29.0 Å². The normalized spacial score (nSPS) is 16.2. The van der Waals surface area contributed by atoms with Crippen molar-refractivity contribution >= 4 is 11.0 Å². The molecule has 1 fully saturated rings. The lowest BCUT2D eigenvalue weighted by Crippen LogP contribution is -2.35. The molecule has 4 rings (SSSR count). The van der Waals surface area contributed by atoms with Crippen LogP contribution in [0.5, 0.6) is 5.75 Å². The molecule has 0 amide bonds. The third-order valence-electron chi connectivity index (χ3n) is 5.33. The van der Waals surface area contributed by atoms with E-state index in [1.807, 2.05) is 12.1 Å². The van der Waals surface area contributed by atoms with E-state index in [-0.39, 0.29) is 5.75 Å². The van der Waals surface area contributed by atoms with Gasteiger partial charge in [0, 0.05) is 6.54 Å². The Kier molecular flexibility index (Phi) is 4.76. The van der Waals surface area contributed by atoms with Gasteiger partial charge in [0.15, 0.2) is 0 Å². The minimum absolute atomic E-state index is 0.0586. The van der Waals surface area contributed by atoms with Crippen LogP contribution in [0.25, 0.3) is 11.0 Å². The van der Waals surface area contributed by atoms with Crippen molar-refractivity contribution in [2.75, 3.05) is 13.1 Å². The molecule has 1 N–H and O–H groups in total. The average molecular weight is 349 g/mol. The zero-order valence-electron chi connectivity index (χ0n) is 14.7. The average Bonchev–Trinajstić information content (AvgIpc) is 2.67. The molecule has 134 valence electrons. The monoisotopic (exact) mass is 349 g/mol. The van der Waals surface area contributed by atoms with Crippen LogP contribution >= 0.6 is 0 Å². The van der Waals surface area contributed by atoms with Gasteiger partial charge in [-0.05, 0) is 56.0 Å². The maximum Gasteiger partial charge on any atom is 0.344 e. The minimum Gasteiger partial charge on any atom is -0.507 e. The first-order valence-corrected chi connectivity index (χ1v) is 9.20. The SMILES string of the molecule is O=c1oc2ccccc2c(O)c1CN1CCC(Cc2ccccc2)CC1. The fourth-order valence-corrected chi connectivity index (χ4v) is 3.83. The molecule has 26 heavy (non-hydrogen) atoms. The second kappa shape index (κ2) is 7.34. The number of benzene rings is 2. The van der Waals surface area contributed by atoms with E-state index < -0.39 is 5.63 Å². The lowest BCUT2D eigenvalue weighted by molar-refractivity contribution is 0.174. The molecule has 4 nitrogen and oxygen atoms in total. The van der Waals surface area contributed by atoms with Crippen molar-refractivity contribution in [3.63, 3.8) is 0 Å². The molecule has 1 aliphatic rings. The van der Waals surface area contributed by atoms with Gasteiger partial charge < -0.3 is 9.52 Å². The highest BCUT2D eigenvalue weighted by atomic mass is 16.4. The van der Waals surface area contributed by atoms with Gasteiger partial charge in [0.05, 0.1) is 10.9 Å². The van der Waals surface area contributed by atoms with Crippen LogP contribution in [0.3, 0.4) is 0 Å². The second-order valence-electron chi connectivity index (χ2n) is 7.12. The van der Waals surface area contributed by atoms with Crippen molar-refractivity contribution in [3.8, 4) is 5.75 Å². The maximum atomic E-state index is 12.3. The molecule has 2 heterocycles. The summed E-state index contributed by atoms with van der Waals surface area (Å²) in [6, 6.07) is 17.7. The number of fused-ring (bicyclic) bond motifs is 1. The van der Waals surface area contributed by atoms with Crippen molar-refractivity contribution < 1.29 is 9.52 Å². The van der Waals surface area contributed by atoms with Crippen LogP contribution < -0.4 is 5.63 Å². The van der Waals surface area contributed by atoms with E-state index in [4.69, 9.17) is 4.42 Å². The van der Waals surface area contributed by atoms with E-state index in [1.165, 1.54) is 5.56 Å². The van der Waals surface area contributed by atoms with Crippen LogP contribution in [-0.2, 0) is 13.0 Å². The molecule has 4 heteroatoms. The second-order valence-corrected chi connectivity index (χ2v) is 7.12. The first-order valence-electron chi connectivity index (χ1n) is 9.20. The molecular weight excluding hydrogens is 326 g/mol. The molecule has 2 aromatic carbocycles. The number of rotatable bonds is 4. The molecule has 0 aliphatic carbocycles. The molecule has 0 spiro atoms. The zero-order valence-corrected chi connectivity index (χ0v) is 14.7. The molecule has 0 atom stereocenters. The summed E-state index contributed by atoms with van der Waals surface area (Å²) in [5.41, 5.74) is 1.75. The maximum absolute atomic E-state index is 12.3. The minimum atomic E-state index is -0.437. The van der Waals surface area contributed by atoms with Crippen LogP contribution in [0.1, 0.15) is 24.0 Å². The van der Waals surface area contributed by atoms with E-state index in [9.17, 15) is 9.90 Å². The Labute approximate surface area is 152 Å². The van der Waals surface area contributed by atoms with Crippen molar-refractivity contribution in [1.82, 2.24) is 4.90 Å². The smallest absolute Gasteiger partial charge is 0.344 e. The van der Waals surface area contributed by atoms with Crippen LogP contribution in [-0.4, -0.2) is 23.1 Å². The van der Waals surface area contributed by atoms with Gasteiger partial charge in [-0.1, -0.05) is 42.5 Å². The first kappa shape index (κ1) is 16.9. The van der Waals surface area contributed by atoms with Gasteiger partial charge in [-0.25, -0.2) is 4.79 Å². The van der Waals surface area contributed by atoms with Gasteiger partial charge >= 0.3 is 5.63 Å². The number of likely N-dealkylation sites (tertiary alicyclic amines) is 1. The molecule has 3 aromatic rings. The highest BCUT2D eigenvalue weighted by Crippen LogP contribution is 2.28. The summed E-state index contributed by atoms with van der Waals surface area (Å²) in [6.07, 6.45) is 3.32. The largest absolute Gasteiger partial charge is 0.507 e. The van der Waals surface area contributed by atoms with E-state index >= 15 is 0 Å².